The molecule has 35 heavy (non-hydrogen) atoms. The molecule has 10 nitrogen and oxygen atoms in total. The summed E-state index contributed by atoms with van der Waals surface area (Å²) in [5, 5.41) is 8.59. The number of carbonyl (C=O) groups excluding carboxylic acids is 2. The second-order valence-corrected chi connectivity index (χ2v) is 12.6. The highest BCUT2D eigenvalue weighted by molar-refractivity contribution is 7.92. The Kier molecular flexibility index (Phi) is 7.13. The first-order valence-corrected chi connectivity index (χ1v) is 13.7. The maximum atomic E-state index is 13.0. The minimum absolute atomic E-state index is 0.0220. The lowest BCUT2D eigenvalue weighted by molar-refractivity contribution is -0.110. The lowest BCUT2D eigenvalue weighted by Crippen LogP contribution is -2.36. The number of hydrogen-bond donors (Lipinski definition) is 1. The van der Waals surface area contributed by atoms with Crippen LogP contribution in [0.3, 0.4) is 0 Å². The number of nitrogens with zero attached hydrogens (tertiary/aromatic N) is 3. The van der Waals surface area contributed by atoms with Crippen molar-refractivity contribution in [1.29, 1.82) is 0 Å². The highest BCUT2D eigenvalue weighted by atomic mass is 32.2. The third-order valence-electron chi connectivity index (χ3n) is 5.38. The van der Waals surface area contributed by atoms with Crippen LogP contribution in [0.15, 0.2) is 45.9 Å². The molecule has 1 atom stereocenters. The summed E-state index contributed by atoms with van der Waals surface area (Å²) in [5.41, 5.74) is -0.226. The van der Waals surface area contributed by atoms with Crippen LogP contribution < -0.4 is 5.32 Å². The lowest BCUT2D eigenvalue weighted by atomic mass is 10.1. The number of anilines is 1. The van der Waals surface area contributed by atoms with Gasteiger partial charge in [0, 0.05) is 30.1 Å². The number of benzene rings is 1. The fourth-order valence-corrected chi connectivity index (χ4v) is 5.65. The van der Waals surface area contributed by atoms with Crippen molar-refractivity contribution in [2.24, 2.45) is 5.16 Å². The predicted molar refractivity (Wildman–Crippen MR) is 131 cm³/mol. The summed E-state index contributed by atoms with van der Waals surface area (Å²) in [7, 11) is -3.35. The Morgan fingerprint density at radius 3 is 2.49 bits per heavy atom. The van der Waals surface area contributed by atoms with Gasteiger partial charge in [-0.3, -0.25) is 10.1 Å². The van der Waals surface area contributed by atoms with Crippen LogP contribution in [0, 0.1) is 0 Å². The minimum atomic E-state index is -3.35. The summed E-state index contributed by atoms with van der Waals surface area (Å²) in [6.45, 7) is 6.12. The van der Waals surface area contributed by atoms with Gasteiger partial charge in [0.05, 0.1) is 16.7 Å². The Balaban J connectivity index is 1.50. The number of rotatable bonds is 7. The molecule has 0 spiro atoms. The molecule has 188 valence electrons. The number of aromatic nitrogens is 1. The van der Waals surface area contributed by atoms with E-state index in [4.69, 9.17) is 9.57 Å². The minimum Gasteiger partial charge on any atom is -0.444 e. The van der Waals surface area contributed by atoms with E-state index in [9.17, 15) is 18.0 Å². The molecule has 2 aliphatic rings. The van der Waals surface area contributed by atoms with Crippen molar-refractivity contribution in [2.45, 2.75) is 61.9 Å². The molecule has 4 rings (SSSR count). The first-order valence-electron chi connectivity index (χ1n) is 11.3. The molecule has 2 amide bonds. The van der Waals surface area contributed by atoms with Gasteiger partial charge in [0.2, 0.25) is 0 Å². The van der Waals surface area contributed by atoms with Gasteiger partial charge in [-0.25, -0.2) is 18.2 Å². The molecular formula is C23H28N4O6S2. The van der Waals surface area contributed by atoms with Gasteiger partial charge in [-0.2, -0.15) is 0 Å². The molecule has 2 heterocycles. The Hall–Kier alpha value is -2.99. The molecule has 12 heteroatoms. The molecule has 2 fully saturated rings. The Labute approximate surface area is 208 Å². The number of thiazole rings is 1. The zero-order valence-corrected chi connectivity index (χ0v) is 21.4. The monoisotopic (exact) mass is 520 g/mol. The first kappa shape index (κ1) is 25.1. The van der Waals surface area contributed by atoms with Crippen LogP contribution in [0.5, 0.6) is 0 Å². The highest BCUT2D eigenvalue weighted by Gasteiger charge is 2.37. The van der Waals surface area contributed by atoms with Gasteiger partial charge in [0.25, 0.3) is 5.91 Å². The number of nitrogens with one attached hydrogen (secondary N) is 1. The molecule has 1 aliphatic heterocycles. The molecular weight excluding hydrogens is 492 g/mol. The van der Waals surface area contributed by atoms with Crippen molar-refractivity contribution in [2.75, 3.05) is 18.4 Å². The SMILES string of the molecule is CC(C)(C)OC(=O)N1CC[C@@H](O/N=C(/C(=O)Nc2nccs2)c2ccc(S(=O)(=O)C3CC3)cc2)C1. The fraction of sp³-hybridized carbons (Fsp3) is 0.478. The third-order valence-corrected chi connectivity index (χ3v) is 8.34. The zero-order chi connectivity index (χ0) is 25.2. The van der Waals surface area contributed by atoms with Crippen LogP contribution in [-0.2, 0) is 24.2 Å². The van der Waals surface area contributed by atoms with E-state index in [0.29, 0.717) is 36.5 Å². The van der Waals surface area contributed by atoms with Gasteiger partial charge in [-0.15, -0.1) is 11.3 Å². The maximum absolute atomic E-state index is 13.0. The number of amides is 2. The maximum Gasteiger partial charge on any atom is 0.410 e. The molecule has 1 aromatic carbocycles. The van der Waals surface area contributed by atoms with Crippen LogP contribution in [0.2, 0.25) is 0 Å². The average molecular weight is 521 g/mol. The molecule has 1 aliphatic carbocycles. The molecule has 0 unspecified atom stereocenters. The number of oxime groups is 1. The van der Waals surface area contributed by atoms with Crippen molar-refractivity contribution >= 4 is 44.0 Å². The van der Waals surface area contributed by atoms with Gasteiger partial charge < -0.3 is 14.5 Å². The number of likely N-dealkylation sites (tertiary alicyclic amines) is 1. The Morgan fingerprint density at radius 1 is 1.17 bits per heavy atom. The number of sulfone groups is 1. The Bertz CT molecular complexity index is 1200. The van der Waals surface area contributed by atoms with E-state index in [0.717, 1.165) is 0 Å². The standard InChI is InChI=1S/C23H28N4O6S2/c1-23(2,3)32-22(29)27-12-10-16(14-27)33-26-19(20(28)25-21-24-11-13-34-21)15-4-6-17(7-5-15)35(30,31)18-8-9-18/h4-7,11,13,16,18H,8-10,12,14H2,1-3H3,(H,24,25,28)/b26-19+/t16-/m1/s1. The van der Waals surface area contributed by atoms with Crippen molar-refractivity contribution < 1.29 is 27.6 Å². The summed E-state index contributed by atoms with van der Waals surface area (Å²) in [6, 6.07) is 6.05. The van der Waals surface area contributed by atoms with Crippen molar-refractivity contribution in [3.05, 3.63) is 41.4 Å². The van der Waals surface area contributed by atoms with Gasteiger partial charge in [0.1, 0.15) is 11.7 Å². The fourth-order valence-electron chi connectivity index (χ4n) is 3.47. The van der Waals surface area contributed by atoms with Gasteiger partial charge >= 0.3 is 6.09 Å². The van der Waals surface area contributed by atoms with Crippen molar-refractivity contribution in [3.63, 3.8) is 0 Å². The van der Waals surface area contributed by atoms with E-state index in [1.165, 1.54) is 28.4 Å². The average Bonchev–Trinajstić information content (AvgIpc) is 3.34. The van der Waals surface area contributed by atoms with Crippen molar-refractivity contribution in [3.8, 4) is 0 Å². The number of ether oxygens (including phenoxy) is 1. The smallest absolute Gasteiger partial charge is 0.410 e. The second kappa shape index (κ2) is 9.94. The third kappa shape index (κ3) is 6.37. The van der Waals surface area contributed by atoms with Gasteiger partial charge in [0.15, 0.2) is 20.7 Å². The van der Waals surface area contributed by atoms with Crippen LogP contribution in [0.1, 0.15) is 45.6 Å². The molecule has 1 N–H and O–H groups in total. The van der Waals surface area contributed by atoms with E-state index < -0.39 is 33.5 Å². The van der Waals surface area contributed by atoms with E-state index in [-0.39, 0.29) is 22.4 Å². The van der Waals surface area contributed by atoms with Crippen molar-refractivity contribution in [1.82, 2.24) is 9.88 Å². The van der Waals surface area contributed by atoms with E-state index in [1.54, 1.807) is 44.5 Å². The van der Waals surface area contributed by atoms with Crippen LogP contribution in [-0.4, -0.2) is 66.1 Å². The van der Waals surface area contributed by atoms with E-state index >= 15 is 0 Å². The molecule has 2 aromatic rings. The van der Waals surface area contributed by atoms with E-state index in [1.807, 2.05) is 0 Å². The van der Waals surface area contributed by atoms with Crippen LogP contribution in [0.4, 0.5) is 9.93 Å². The molecule has 1 saturated carbocycles. The molecule has 1 saturated heterocycles. The van der Waals surface area contributed by atoms with Gasteiger partial charge in [-0.1, -0.05) is 17.3 Å². The summed E-state index contributed by atoms with van der Waals surface area (Å²) >= 11 is 1.25. The Morgan fingerprint density at radius 2 is 1.89 bits per heavy atom. The predicted octanol–water partition coefficient (Wildman–Crippen LogP) is 3.45. The summed E-state index contributed by atoms with van der Waals surface area (Å²) < 4.78 is 30.4. The number of hydrogen-bond acceptors (Lipinski definition) is 9. The zero-order valence-electron chi connectivity index (χ0n) is 19.8. The first-order chi connectivity index (χ1) is 16.5. The van der Waals surface area contributed by atoms with Gasteiger partial charge in [-0.05, 0) is 45.7 Å². The summed E-state index contributed by atoms with van der Waals surface area (Å²) in [4.78, 5) is 36.8. The molecule has 0 bridgehead atoms. The highest BCUT2D eigenvalue weighted by Crippen LogP contribution is 2.33. The van der Waals surface area contributed by atoms with E-state index in [2.05, 4.69) is 15.5 Å². The summed E-state index contributed by atoms with van der Waals surface area (Å²) in [5.74, 6) is -0.542. The molecule has 0 radical (unpaired) electrons. The van der Waals surface area contributed by atoms with Crippen LogP contribution in [0.25, 0.3) is 0 Å². The number of carbonyl (C=O) groups is 2. The normalized spacial score (nSPS) is 18.9. The molecule has 1 aromatic heterocycles. The topological polar surface area (TPSA) is 127 Å². The van der Waals surface area contributed by atoms with Crippen LogP contribution >= 0.6 is 11.3 Å². The summed E-state index contributed by atoms with van der Waals surface area (Å²) in [6.07, 6.45) is 2.59. The quantitative estimate of drug-likeness (QED) is 0.437. The second-order valence-electron chi connectivity index (χ2n) is 9.44. The lowest BCUT2D eigenvalue weighted by Gasteiger charge is -2.24. The largest absolute Gasteiger partial charge is 0.444 e.